The summed E-state index contributed by atoms with van der Waals surface area (Å²) in [4.78, 5) is 14.2. The summed E-state index contributed by atoms with van der Waals surface area (Å²) in [5.74, 6) is -0.601. The van der Waals surface area contributed by atoms with E-state index in [1.807, 2.05) is 18.2 Å². The minimum atomic E-state index is -0.601. The summed E-state index contributed by atoms with van der Waals surface area (Å²) in [7, 11) is 0. The number of rotatable bonds is 6. The van der Waals surface area contributed by atoms with Gasteiger partial charge >= 0.3 is 5.97 Å². The fourth-order valence-electron chi connectivity index (χ4n) is 3.39. The number of nitrogens with zero attached hydrogens (tertiary/aromatic N) is 1. The lowest BCUT2D eigenvalue weighted by Gasteiger charge is -2.34. The van der Waals surface area contributed by atoms with Crippen molar-refractivity contribution in [2.24, 2.45) is 5.41 Å². The molecule has 1 fully saturated rings. The molecule has 0 aromatic heterocycles. The van der Waals surface area contributed by atoms with Gasteiger partial charge in [-0.1, -0.05) is 62.9 Å². The topological polar surface area (TPSA) is 40.5 Å². The van der Waals surface area contributed by atoms with Gasteiger partial charge in [0.05, 0.1) is 5.41 Å². The number of hydrogen-bond acceptors (Lipinski definition) is 2. The minimum absolute atomic E-state index is 0.540. The van der Waals surface area contributed by atoms with Gasteiger partial charge in [0.1, 0.15) is 0 Å². The van der Waals surface area contributed by atoms with E-state index in [1.165, 1.54) is 18.4 Å². The number of carboxylic acids is 1. The number of benzene rings is 1. The van der Waals surface area contributed by atoms with Crippen LogP contribution in [0.25, 0.3) is 0 Å². The first kappa shape index (κ1) is 16.0. The van der Waals surface area contributed by atoms with E-state index in [0.717, 1.165) is 38.8 Å². The Bertz CT molecular complexity index is 436. The summed E-state index contributed by atoms with van der Waals surface area (Å²) in [5.41, 5.74) is 0.717. The maximum atomic E-state index is 11.9. The summed E-state index contributed by atoms with van der Waals surface area (Å²) in [5, 5.41) is 9.80. The normalized spacial score (nSPS) is 18.4. The fourth-order valence-corrected chi connectivity index (χ4v) is 3.39. The van der Waals surface area contributed by atoms with Gasteiger partial charge in [-0.2, -0.15) is 0 Å². The van der Waals surface area contributed by atoms with Gasteiger partial charge in [-0.15, -0.1) is 0 Å². The molecule has 1 N–H and O–H groups in total. The average molecular weight is 289 g/mol. The van der Waals surface area contributed by atoms with E-state index in [9.17, 15) is 9.90 Å². The molecule has 21 heavy (non-hydrogen) atoms. The van der Waals surface area contributed by atoms with Crippen LogP contribution in [0.3, 0.4) is 0 Å². The molecular weight excluding hydrogens is 262 g/mol. The molecule has 116 valence electrons. The van der Waals surface area contributed by atoms with Crippen molar-refractivity contribution in [2.75, 3.05) is 13.1 Å². The van der Waals surface area contributed by atoms with E-state index >= 15 is 0 Å². The van der Waals surface area contributed by atoms with Gasteiger partial charge < -0.3 is 5.11 Å². The molecule has 0 atom stereocenters. The Labute approximate surface area is 128 Å². The Morgan fingerprint density at radius 3 is 2.29 bits per heavy atom. The predicted octanol–water partition coefficient (Wildman–Crippen LogP) is 3.93. The van der Waals surface area contributed by atoms with Crippen molar-refractivity contribution in [1.82, 2.24) is 4.90 Å². The van der Waals surface area contributed by atoms with Crippen molar-refractivity contribution >= 4 is 5.97 Å². The summed E-state index contributed by atoms with van der Waals surface area (Å²) >= 11 is 0. The first-order valence-electron chi connectivity index (χ1n) is 8.16. The standard InChI is InChI=1S/C18H27NO2/c1-2-19(14-16-10-6-5-7-11-16)15-18(17(20)21)12-8-3-4-9-13-18/h5-7,10-11H,2-4,8-9,12-15H2,1H3,(H,20,21). The fraction of sp³-hybridized carbons (Fsp3) is 0.611. The van der Waals surface area contributed by atoms with Crippen LogP contribution in [0.4, 0.5) is 0 Å². The highest BCUT2D eigenvalue weighted by molar-refractivity contribution is 5.75. The number of hydrogen-bond donors (Lipinski definition) is 1. The van der Waals surface area contributed by atoms with Crippen molar-refractivity contribution in [3.05, 3.63) is 35.9 Å². The van der Waals surface area contributed by atoms with E-state index in [4.69, 9.17) is 0 Å². The van der Waals surface area contributed by atoms with E-state index in [-0.39, 0.29) is 0 Å². The van der Waals surface area contributed by atoms with E-state index in [0.29, 0.717) is 6.54 Å². The van der Waals surface area contributed by atoms with Crippen LogP contribution < -0.4 is 0 Å². The Morgan fingerprint density at radius 1 is 1.14 bits per heavy atom. The van der Waals surface area contributed by atoms with Gasteiger partial charge in [-0.05, 0) is 24.9 Å². The number of carbonyl (C=O) groups is 1. The zero-order valence-electron chi connectivity index (χ0n) is 13.1. The molecule has 1 aliphatic rings. The molecule has 0 heterocycles. The molecule has 0 unspecified atom stereocenters. The molecular formula is C18H27NO2. The first-order valence-corrected chi connectivity index (χ1v) is 8.16. The Kier molecular flexibility index (Phi) is 5.80. The highest BCUT2D eigenvalue weighted by atomic mass is 16.4. The van der Waals surface area contributed by atoms with Crippen LogP contribution in [0.15, 0.2) is 30.3 Å². The summed E-state index contributed by atoms with van der Waals surface area (Å²) in [6.07, 6.45) is 6.12. The monoisotopic (exact) mass is 289 g/mol. The molecule has 0 amide bonds. The Morgan fingerprint density at radius 2 is 1.76 bits per heavy atom. The molecule has 0 radical (unpaired) electrons. The van der Waals surface area contributed by atoms with Gasteiger partial charge in [0.15, 0.2) is 0 Å². The third-order valence-corrected chi connectivity index (χ3v) is 4.74. The molecule has 1 aromatic carbocycles. The molecule has 1 aromatic rings. The van der Waals surface area contributed by atoms with Gasteiger partial charge in [-0.25, -0.2) is 0 Å². The summed E-state index contributed by atoms with van der Waals surface area (Å²) < 4.78 is 0. The zero-order chi connectivity index (χ0) is 15.1. The SMILES string of the molecule is CCN(Cc1ccccc1)CC1(C(=O)O)CCCCCC1. The van der Waals surface area contributed by atoms with Crippen molar-refractivity contribution in [3.8, 4) is 0 Å². The third kappa shape index (κ3) is 4.31. The minimum Gasteiger partial charge on any atom is -0.481 e. The van der Waals surface area contributed by atoms with Crippen molar-refractivity contribution < 1.29 is 9.90 Å². The van der Waals surface area contributed by atoms with Crippen LogP contribution in [0.2, 0.25) is 0 Å². The molecule has 0 spiro atoms. The molecule has 2 rings (SSSR count). The third-order valence-electron chi connectivity index (χ3n) is 4.74. The Balaban J connectivity index is 2.08. The lowest BCUT2D eigenvalue weighted by Crippen LogP contribution is -2.42. The molecule has 0 aliphatic heterocycles. The van der Waals surface area contributed by atoms with E-state index < -0.39 is 11.4 Å². The molecule has 3 nitrogen and oxygen atoms in total. The van der Waals surface area contributed by atoms with Crippen LogP contribution in [0.5, 0.6) is 0 Å². The Hall–Kier alpha value is -1.35. The largest absolute Gasteiger partial charge is 0.481 e. The molecule has 0 bridgehead atoms. The van der Waals surface area contributed by atoms with Crippen LogP contribution in [0, 0.1) is 5.41 Å². The van der Waals surface area contributed by atoms with Crippen molar-refractivity contribution in [3.63, 3.8) is 0 Å². The maximum absolute atomic E-state index is 11.9. The highest BCUT2D eigenvalue weighted by Crippen LogP contribution is 2.36. The van der Waals surface area contributed by atoms with Gasteiger partial charge in [-0.3, -0.25) is 9.69 Å². The first-order chi connectivity index (χ1) is 10.2. The quantitative estimate of drug-likeness (QED) is 0.807. The average Bonchev–Trinajstić information content (AvgIpc) is 2.74. The van der Waals surface area contributed by atoms with Gasteiger partial charge in [0.2, 0.25) is 0 Å². The number of aliphatic carboxylic acids is 1. The molecule has 1 saturated carbocycles. The zero-order valence-corrected chi connectivity index (χ0v) is 13.1. The maximum Gasteiger partial charge on any atom is 0.310 e. The van der Waals surface area contributed by atoms with E-state index in [1.54, 1.807) is 0 Å². The smallest absolute Gasteiger partial charge is 0.310 e. The second kappa shape index (κ2) is 7.60. The van der Waals surface area contributed by atoms with Crippen LogP contribution in [-0.4, -0.2) is 29.1 Å². The van der Waals surface area contributed by atoms with Gasteiger partial charge in [0, 0.05) is 13.1 Å². The molecule has 3 heteroatoms. The number of carboxylic acid groups (broad SMARTS) is 1. The predicted molar refractivity (Wildman–Crippen MR) is 85.2 cm³/mol. The molecule has 1 aliphatic carbocycles. The summed E-state index contributed by atoms with van der Waals surface area (Å²) in [6.45, 7) is 4.53. The van der Waals surface area contributed by atoms with Crippen LogP contribution in [-0.2, 0) is 11.3 Å². The van der Waals surface area contributed by atoms with Crippen LogP contribution >= 0.6 is 0 Å². The molecule has 0 saturated heterocycles. The van der Waals surface area contributed by atoms with Crippen LogP contribution in [0.1, 0.15) is 51.0 Å². The lowest BCUT2D eigenvalue weighted by atomic mass is 9.79. The van der Waals surface area contributed by atoms with Crippen molar-refractivity contribution in [1.29, 1.82) is 0 Å². The lowest BCUT2D eigenvalue weighted by molar-refractivity contribution is -0.151. The highest BCUT2D eigenvalue weighted by Gasteiger charge is 2.39. The second-order valence-electron chi connectivity index (χ2n) is 6.29. The van der Waals surface area contributed by atoms with E-state index in [2.05, 4.69) is 24.0 Å². The van der Waals surface area contributed by atoms with Crippen molar-refractivity contribution in [2.45, 2.75) is 52.0 Å². The summed E-state index contributed by atoms with van der Waals surface area (Å²) in [6, 6.07) is 10.3. The van der Waals surface area contributed by atoms with Gasteiger partial charge in [0.25, 0.3) is 0 Å². The second-order valence-corrected chi connectivity index (χ2v) is 6.29.